The Balaban J connectivity index is 1.83. The first-order valence-electron chi connectivity index (χ1n) is 7.97. The minimum absolute atomic E-state index is 0.463. The van der Waals surface area contributed by atoms with Gasteiger partial charge in [-0.3, -0.25) is 14.7 Å². The normalized spacial score (nSPS) is 20.0. The van der Waals surface area contributed by atoms with E-state index in [2.05, 4.69) is 51.7 Å². The number of aromatic nitrogens is 4. The van der Waals surface area contributed by atoms with Crippen molar-refractivity contribution in [2.45, 2.75) is 59.2 Å². The number of piperidine rings is 1. The van der Waals surface area contributed by atoms with Gasteiger partial charge in [-0.25, -0.2) is 0 Å². The van der Waals surface area contributed by atoms with Gasteiger partial charge in [0.2, 0.25) is 0 Å². The molecule has 1 aliphatic heterocycles. The highest BCUT2D eigenvalue weighted by Gasteiger charge is 2.26. The van der Waals surface area contributed by atoms with Crippen LogP contribution in [0.2, 0.25) is 0 Å². The number of likely N-dealkylation sites (tertiary alicyclic amines) is 1. The van der Waals surface area contributed by atoms with Crippen molar-refractivity contribution in [1.82, 2.24) is 24.9 Å². The van der Waals surface area contributed by atoms with Crippen molar-refractivity contribution in [2.24, 2.45) is 0 Å². The molecular formula is C16H25N5. The van der Waals surface area contributed by atoms with Crippen LogP contribution < -0.4 is 0 Å². The number of nitrogens with one attached hydrogen (secondary N) is 1. The molecule has 0 saturated carbocycles. The summed E-state index contributed by atoms with van der Waals surface area (Å²) in [5.74, 6) is 0. The van der Waals surface area contributed by atoms with Crippen molar-refractivity contribution >= 4 is 0 Å². The maximum atomic E-state index is 4.65. The molecule has 114 valence electrons. The van der Waals surface area contributed by atoms with Crippen molar-refractivity contribution in [2.75, 3.05) is 6.54 Å². The summed E-state index contributed by atoms with van der Waals surface area (Å²) in [7, 11) is 0. The third-order valence-corrected chi connectivity index (χ3v) is 4.69. The van der Waals surface area contributed by atoms with E-state index in [0.717, 1.165) is 19.6 Å². The molecule has 1 unspecified atom stereocenters. The Morgan fingerprint density at radius 3 is 2.86 bits per heavy atom. The predicted octanol–water partition coefficient (Wildman–Crippen LogP) is 2.97. The van der Waals surface area contributed by atoms with Crippen molar-refractivity contribution < 1.29 is 0 Å². The topological polar surface area (TPSA) is 49.7 Å². The SMILES string of the molecule is CCn1nc(C)c(CN2CCCCC2c2ccn[nH]2)c1C. The fourth-order valence-electron chi connectivity index (χ4n) is 3.46. The van der Waals surface area contributed by atoms with Crippen LogP contribution in [0.1, 0.15) is 54.9 Å². The molecule has 2 aromatic rings. The van der Waals surface area contributed by atoms with Gasteiger partial charge in [-0.1, -0.05) is 6.42 Å². The molecule has 1 fully saturated rings. The second kappa shape index (κ2) is 6.02. The van der Waals surface area contributed by atoms with Crippen LogP contribution >= 0.6 is 0 Å². The monoisotopic (exact) mass is 287 g/mol. The van der Waals surface area contributed by atoms with Crippen molar-refractivity contribution in [3.8, 4) is 0 Å². The number of nitrogens with zero attached hydrogens (tertiary/aromatic N) is 4. The molecule has 5 nitrogen and oxygen atoms in total. The van der Waals surface area contributed by atoms with Gasteiger partial charge in [0.25, 0.3) is 0 Å². The van der Waals surface area contributed by atoms with Crippen molar-refractivity contribution in [3.05, 3.63) is 34.9 Å². The Bertz CT molecular complexity index is 584. The van der Waals surface area contributed by atoms with E-state index in [1.165, 1.54) is 41.9 Å². The van der Waals surface area contributed by atoms with Gasteiger partial charge in [-0.2, -0.15) is 10.2 Å². The minimum atomic E-state index is 0.463. The molecule has 21 heavy (non-hydrogen) atoms. The standard InChI is InChI=1S/C16H25N5/c1-4-21-13(3)14(12(2)19-21)11-20-10-6-5-7-16(20)15-8-9-17-18-15/h8-9,16H,4-7,10-11H2,1-3H3,(H,17,18). The summed E-state index contributed by atoms with van der Waals surface area (Å²) in [5.41, 5.74) is 5.11. The van der Waals surface area contributed by atoms with Crippen molar-refractivity contribution in [3.63, 3.8) is 0 Å². The molecule has 0 aliphatic carbocycles. The number of H-pyrrole nitrogens is 1. The molecule has 5 heteroatoms. The van der Waals surface area contributed by atoms with Crippen molar-refractivity contribution in [1.29, 1.82) is 0 Å². The summed E-state index contributed by atoms with van der Waals surface area (Å²) >= 11 is 0. The first-order valence-corrected chi connectivity index (χ1v) is 7.97. The zero-order chi connectivity index (χ0) is 14.8. The Morgan fingerprint density at radius 1 is 1.33 bits per heavy atom. The lowest BCUT2D eigenvalue weighted by atomic mass is 9.98. The fourth-order valence-corrected chi connectivity index (χ4v) is 3.46. The molecule has 0 spiro atoms. The molecule has 3 rings (SSSR count). The average molecular weight is 287 g/mol. The van der Waals surface area contributed by atoms with Gasteiger partial charge >= 0.3 is 0 Å². The molecule has 2 aromatic heterocycles. The fraction of sp³-hybridized carbons (Fsp3) is 0.625. The van der Waals surface area contributed by atoms with Gasteiger partial charge in [0.1, 0.15) is 0 Å². The summed E-state index contributed by atoms with van der Waals surface area (Å²) in [6.07, 6.45) is 5.65. The zero-order valence-corrected chi connectivity index (χ0v) is 13.3. The van der Waals surface area contributed by atoms with Crippen LogP contribution in [0, 0.1) is 13.8 Å². The van der Waals surface area contributed by atoms with E-state index >= 15 is 0 Å². The summed E-state index contributed by atoms with van der Waals surface area (Å²) in [4.78, 5) is 2.58. The largest absolute Gasteiger partial charge is 0.290 e. The highest BCUT2D eigenvalue weighted by Crippen LogP contribution is 2.31. The van der Waals surface area contributed by atoms with Crippen LogP contribution in [-0.4, -0.2) is 31.4 Å². The lowest BCUT2D eigenvalue weighted by molar-refractivity contribution is 0.136. The Hall–Kier alpha value is -1.62. The molecule has 1 atom stereocenters. The van der Waals surface area contributed by atoms with E-state index in [1.807, 2.05) is 6.20 Å². The number of aromatic amines is 1. The summed E-state index contributed by atoms with van der Waals surface area (Å²) in [6, 6.07) is 2.57. The third kappa shape index (κ3) is 2.75. The number of hydrogen-bond donors (Lipinski definition) is 1. The minimum Gasteiger partial charge on any atom is -0.290 e. The molecule has 1 saturated heterocycles. The lowest BCUT2D eigenvalue weighted by Gasteiger charge is -2.35. The van der Waals surface area contributed by atoms with Gasteiger partial charge in [-0.15, -0.1) is 0 Å². The smallest absolute Gasteiger partial charge is 0.0641 e. The van der Waals surface area contributed by atoms with Crippen LogP contribution in [0.15, 0.2) is 12.3 Å². The number of hydrogen-bond acceptors (Lipinski definition) is 3. The zero-order valence-electron chi connectivity index (χ0n) is 13.3. The second-order valence-electron chi connectivity index (χ2n) is 5.96. The number of aryl methyl sites for hydroxylation is 2. The quantitative estimate of drug-likeness (QED) is 0.940. The highest BCUT2D eigenvalue weighted by molar-refractivity contribution is 5.25. The molecule has 0 amide bonds. The Labute approximate surface area is 126 Å². The molecule has 0 bridgehead atoms. The maximum absolute atomic E-state index is 4.65. The summed E-state index contributed by atoms with van der Waals surface area (Å²) in [5, 5.41) is 11.9. The molecule has 3 heterocycles. The Kier molecular flexibility index (Phi) is 4.10. The Morgan fingerprint density at radius 2 is 2.19 bits per heavy atom. The van der Waals surface area contributed by atoms with Crippen LogP contribution in [0.25, 0.3) is 0 Å². The van der Waals surface area contributed by atoms with E-state index in [-0.39, 0.29) is 0 Å². The summed E-state index contributed by atoms with van der Waals surface area (Å²) < 4.78 is 2.11. The number of rotatable bonds is 4. The van der Waals surface area contributed by atoms with Gasteiger partial charge in [0, 0.05) is 30.5 Å². The van der Waals surface area contributed by atoms with Gasteiger partial charge in [-0.05, 0) is 46.2 Å². The van der Waals surface area contributed by atoms with E-state index < -0.39 is 0 Å². The van der Waals surface area contributed by atoms with E-state index in [1.54, 1.807) is 0 Å². The predicted molar refractivity (Wildman–Crippen MR) is 83.0 cm³/mol. The van der Waals surface area contributed by atoms with Crippen LogP contribution in [-0.2, 0) is 13.1 Å². The van der Waals surface area contributed by atoms with Crippen LogP contribution in [0.4, 0.5) is 0 Å². The van der Waals surface area contributed by atoms with E-state index in [9.17, 15) is 0 Å². The first kappa shape index (κ1) is 14.3. The molecule has 1 aliphatic rings. The molecule has 0 aromatic carbocycles. The van der Waals surface area contributed by atoms with E-state index in [0.29, 0.717) is 6.04 Å². The average Bonchev–Trinajstić information content (AvgIpc) is 3.11. The molecular weight excluding hydrogens is 262 g/mol. The van der Waals surface area contributed by atoms with E-state index in [4.69, 9.17) is 0 Å². The highest BCUT2D eigenvalue weighted by atomic mass is 15.3. The van der Waals surface area contributed by atoms with Gasteiger partial charge < -0.3 is 0 Å². The maximum Gasteiger partial charge on any atom is 0.0641 e. The van der Waals surface area contributed by atoms with Crippen LogP contribution in [0.3, 0.4) is 0 Å². The van der Waals surface area contributed by atoms with Gasteiger partial charge in [0.15, 0.2) is 0 Å². The van der Waals surface area contributed by atoms with Crippen LogP contribution in [0.5, 0.6) is 0 Å². The third-order valence-electron chi connectivity index (χ3n) is 4.69. The molecule has 1 N–H and O–H groups in total. The molecule has 0 radical (unpaired) electrons. The van der Waals surface area contributed by atoms with Gasteiger partial charge in [0.05, 0.1) is 17.4 Å². The lowest BCUT2D eigenvalue weighted by Crippen LogP contribution is -2.33. The summed E-state index contributed by atoms with van der Waals surface area (Å²) in [6.45, 7) is 9.55. The first-order chi connectivity index (χ1) is 10.2. The second-order valence-corrected chi connectivity index (χ2v) is 5.96.